The number of halogens is 1. The predicted molar refractivity (Wildman–Crippen MR) is 71.9 cm³/mol. The van der Waals surface area contributed by atoms with Crippen LogP contribution in [0.2, 0.25) is 0 Å². The van der Waals surface area contributed by atoms with Gasteiger partial charge in [0.1, 0.15) is 0 Å². The standard InChI is InChI=1S/C12H13BrN2O2/c1-3-5-9(4-2)14-12-7-6-10(15(16)17)8-11(12)13/h2,6-9,14H,3,5H2,1H3. The van der Waals surface area contributed by atoms with Gasteiger partial charge >= 0.3 is 0 Å². The Hall–Kier alpha value is -1.54. The fraction of sp³-hybridized carbons (Fsp3) is 0.333. The second kappa shape index (κ2) is 6.26. The largest absolute Gasteiger partial charge is 0.371 e. The van der Waals surface area contributed by atoms with Crippen molar-refractivity contribution < 1.29 is 4.92 Å². The van der Waals surface area contributed by atoms with E-state index in [2.05, 4.69) is 34.1 Å². The zero-order valence-corrected chi connectivity index (χ0v) is 11.0. The van der Waals surface area contributed by atoms with Crippen LogP contribution < -0.4 is 5.32 Å². The van der Waals surface area contributed by atoms with Gasteiger partial charge in [0.2, 0.25) is 0 Å². The molecule has 1 unspecified atom stereocenters. The first kappa shape index (κ1) is 13.5. The van der Waals surface area contributed by atoms with Crippen molar-refractivity contribution in [2.24, 2.45) is 0 Å². The molecule has 17 heavy (non-hydrogen) atoms. The van der Waals surface area contributed by atoms with E-state index >= 15 is 0 Å². The predicted octanol–water partition coefficient (Wildman–Crippen LogP) is 3.57. The molecule has 1 aromatic carbocycles. The number of hydrogen-bond donors (Lipinski definition) is 1. The van der Waals surface area contributed by atoms with Crippen LogP contribution in [-0.2, 0) is 0 Å². The van der Waals surface area contributed by atoms with Crippen LogP contribution in [0.5, 0.6) is 0 Å². The van der Waals surface area contributed by atoms with Crippen LogP contribution in [0.1, 0.15) is 19.8 Å². The van der Waals surface area contributed by atoms with Crippen LogP contribution in [-0.4, -0.2) is 11.0 Å². The van der Waals surface area contributed by atoms with Crippen LogP contribution >= 0.6 is 15.9 Å². The Morgan fingerprint density at radius 3 is 2.82 bits per heavy atom. The van der Waals surface area contributed by atoms with Gasteiger partial charge in [-0.1, -0.05) is 19.3 Å². The Morgan fingerprint density at radius 1 is 1.65 bits per heavy atom. The van der Waals surface area contributed by atoms with Crippen LogP contribution in [0.3, 0.4) is 0 Å². The van der Waals surface area contributed by atoms with Crippen molar-refractivity contribution in [1.82, 2.24) is 0 Å². The highest BCUT2D eigenvalue weighted by molar-refractivity contribution is 9.10. The van der Waals surface area contributed by atoms with Gasteiger partial charge in [-0.3, -0.25) is 10.1 Å². The molecule has 0 saturated carbocycles. The molecule has 0 saturated heterocycles. The maximum Gasteiger partial charge on any atom is 0.270 e. The van der Waals surface area contributed by atoms with E-state index in [4.69, 9.17) is 6.42 Å². The molecule has 0 bridgehead atoms. The molecule has 0 aliphatic heterocycles. The third-order valence-corrected chi connectivity index (χ3v) is 2.93. The van der Waals surface area contributed by atoms with Gasteiger partial charge in [0.05, 0.1) is 11.0 Å². The molecule has 4 nitrogen and oxygen atoms in total. The number of nitrogens with zero attached hydrogens (tertiary/aromatic N) is 1. The summed E-state index contributed by atoms with van der Waals surface area (Å²) in [5.41, 5.74) is 0.821. The van der Waals surface area contributed by atoms with E-state index in [-0.39, 0.29) is 11.7 Å². The molecule has 90 valence electrons. The highest BCUT2D eigenvalue weighted by atomic mass is 79.9. The lowest BCUT2D eigenvalue weighted by Crippen LogP contribution is -2.16. The first-order chi connectivity index (χ1) is 8.08. The summed E-state index contributed by atoms with van der Waals surface area (Å²) in [5.74, 6) is 2.65. The molecule has 0 heterocycles. The van der Waals surface area contributed by atoms with E-state index in [1.54, 1.807) is 6.07 Å². The van der Waals surface area contributed by atoms with E-state index in [1.165, 1.54) is 12.1 Å². The topological polar surface area (TPSA) is 55.2 Å². The van der Waals surface area contributed by atoms with E-state index < -0.39 is 4.92 Å². The summed E-state index contributed by atoms with van der Waals surface area (Å²) < 4.78 is 0.642. The van der Waals surface area contributed by atoms with Crippen molar-refractivity contribution in [3.63, 3.8) is 0 Å². The molecule has 1 atom stereocenters. The molecule has 5 heteroatoms. The van der Waals surface area contributed by atoms with Crippen LogP contribution in [0.25, 0.3) is 0 Å². The summed E-state index contributed by atoms with van der Waals surface area (Å²) in [6, 6.07) is 4.51. The Balaban J connectivity index is 2.86. The monoisotopic (exact) mass is 296 g/mol. The van der Waals surface area contributed by atoms with Gasteiger partial charge in [-0.25, -0.2) is 0 Å². The molecule has 0 radical (unpaired) electrons. The maximum absolute atomic E-state index is 10.6. The van der Waals surface area contributed by atoms with Crippen molar-refractivity contribution in [2.75, 3.05) is 5.32 Å². The lowest BCUT2D eigenvalue weighted by molar-refractivity contribution is -0.384. The number of nitro groups is 1. The minimum atomic E-state index is -0.431. The summed E-state index contributed by atoms with van der Waals surface area (Å²) in [7, 11) is 0. The number of hydrogen-bond acceptors (Lipinski definition) is 3. The minimum absolute atomic E-state index is 0.0511. The van der Waals surface area contributed by atoms with Crippen molar-refractivity contribution in [1.29, 1.82) is 0 Å². The summed E-state index contributed by atoms with van der Waals surface area (Å²) in [5, 5.41) is 13.7. The SMILES string of the molecule is C#CC(CCC)Nc1ccc([N+](=O)[O-])cc1Br. The van der Waals surface area contributed by atoms with Gasteiger partial charge in [-0.05, 0) is 28.4 Å². The molecular weight excluding hydrogens is 284 g/mol. The molecule has 0 spiro atoms. The number of nitro benzene ring substituents is 1. The third-order valence-electron chi connectivity index (χ3n) is 2.27. The quantitative estimate of drug-likeness (QED) is 0.513. The number of non-ortho nitro benzene ring substituents is 1. The maximum atomic E-state index is 10.6. The first-order valence-corrected chi connectivity index (χ1v) is 6.04. The fourth-order valence-electron chi connectivity index (χ4n) is 1.41. The summed E-state index contributed by atoms with van der Waals surface area (Å²) >= 11 is 3.29. The Kier molecular flexibility index (Phi) is 4.98. The average molecular weight is 297 g/mol. The van der Waals surface area contributed by atoms with Crippen molar-refractivity contribution >= 4 is 27.3 Å². The van der Waals surface area contributed by atoms with Crippen molar-refractivity contribution in [3.05, 3.63) is 32.8 Å². The van der Waals surface area contributed by atoms with Crippen LogP contribution in [0, 0.1) is 22.5 Å². The van der Waals surface area contributed by atoms with E-state index in [1.807, 2.05) is 0 Å². The molecule has 0 fully saturated rings. The highest BCUT2D eigenvalue weighted by Crippen LogP contribution is 2.27. The van der Waals surface area contributed by atoms with Gasteiger partial charge in [0, 0.05) is 22.3 Å². The van der Waals surface area contributed by atoms with Crippen molar-refractivity contribution in [2.45, 2.75) is 25.8 Å². The Bertz CT molecular complexity index is 454. The van der Waals surface area contributed by atoms with E-state index in [0.717, 1.165) is 18.5 Å². The lowest BCUT2D eigenvalue weighted by Gasteiger charge is -2.14. The molecule has 1 aromatic rings. The molecule has 1 N–H and O–H groups in total. The second-order valence-electron chi connectivity index (χ2n) is 3.57. The zero-order valence-electron chi connectivity index (χ0n) is 9.44. The summed E-state index contributed by atoms with van der Waals surface area (Å²) in [6.07, 6.45) is 7.24. The zero-order chi connectivity index (χ0) is 12.8. The molecule has 0 aliphatic carbocycles. The number of nitrogens with one attached hydrogen (secondary N) is 1. The van der Waals surface area contributed by atoms with Gasteiger partial charge in [-0.2, -0.15) is 0 Å². The van der Waals surface area contributed by atoms with Gasteiger partial charge in [-0.15, -0.1) is 6.42 Å². The first-order valence-electron chi connectivity index (χ1n) is 5.25. The smallest absolute Gasteiger partial charge is 0.270 e. The fourth-order valence-corrected chi connectivity index (χ4v) is 1.89. The average Bonchev–Trinajstić information content (AvgIpc) is 2.30. The molecular formula is C12H13BrN2O2. The van der Waals surface area contributed by atoms with Crippen LogP contribution in [0.15, 0.2) is 22.7 Å². The minimum Gasteiger partial charge on any atom is -0.371 e. The highest BCUT2D eigenvalue weighted by Gasteiger charge is 2.11. The normalized spacial score (nSPS) is 11.6. The molecule has 1 rings (SSSR count). The van der Waals surface area contributed by atoms with Gasteiger partial charge in [0.15, 0.2) is 0 Å². The Morgan fingerprint density at radius 2 is 2.35 bits per heavy atom. The number of terminal acetylenes is 1. The van der Waals surface area contributed by atoms with Gasteiger partial charge < -0.3 is 5.32 Å². The summed E-state index contributed by atoms with van der Waals surface area (Å²) in [4.78, 5) is 10.1. The number of benzene rings is 1. The van der Waals surface area contributed by atoms with E-state index in [9.17, 15) is 10.1 Å². The molecule has 0 aliphatic rings. The second-order valence-corrected chi connectivity index (χ2v) is 4.43. The van der Waals surface area contributed by atoms with Crippen molar-refractivity contribution in [3.8, 4) is 12.3 Å². The molecule has 0 amide bonds. The van der Waals surface area contributed by atoms with Gasteiger partial charge in [0.25, 0.3) is 5.69 Å². The van der Waals surface area contributed by atoms with Crippen LogP contribution in [0.4, 0.5) is 11.4 Å². The molecule has 0 aromatic heterocycles. The number of rotatable bonds is 5. The van der Waals surface area contributed by atoms with E-state index in [0.29, 0.717) is 4.47 Å². The third kappa shape index (κ3) is 3.75. The number of anilines is 1. The lowest BCUT2D eigenvalue weighted by atomic mass is 10.1. The summed E-state index contributed by atoms with van der Waals surface area (Å²) in [6.45, 7) is 2.05. The Labute approximate surface area is 109 Å².